The molecular weight excluding hydrogens is 401 g/mol. The van der Waals surface area contributed by atoms with Gasteiger partial charge < -0.3 is 5.32 Å². The molecule has 1 unspecified atom stereocenters. The van der Waals surface area contributed by atoms with Crippen molar-refractivity contribution >= 4 is 44.2 Å². The monoisotopic (exact) mass is 423 g/mol. The van der Waals surface area contributed by atoms with E-state index in [1.54, 1.807) is 0 Å². The van der Waals surface area contributed by atoms with Crippen LogP contribution in [0.4, 0.5) is 5.69 Å². The molecule has 102 valence electrons. The van der Waals surface area contributed by atoms with E-state index >= 15 is 0 Å². The van der Waals surface area contributed by atoms with Gasteiger partial charge in [0, 0.05) is 19.8 Å². The zero-order chi connectivity index (χ0) is 13.4. The molecule has 0 amide bonds. The van der Waals surface area contributed by atoms with E-state index in [0.29, 0.717) is 6.04 Å². The van der Waals surface area contributed by atoms with E-state index in [0.717, 1.165) is 0 Å². The SMILES string of the molecule is CCCCCCCC(C)Nc1ccc(Br)c(I)c1. The first kappa shape index (κ1) is 16.3. The summed E-state index contributed by atoms with van der Waals surface area (Å²) < 4.78 is 2.42. The molecule has 1 nitrogen and oxygen atoms in total. The first-order chi connectivity index (χ1) is 8.63. The molecule has 3 heteroatoms. The molecular formula is C15H23BrIN. The molecule has 1 rings (SSSR count). The highest BCUT2D eigenvalue weighted by molar-refractivity contribution is 14.1. The molecule has 0 spiro atoms. The highest BCUT2D eigenvalue weighted by Crippen LogP contribution is 2.23. The summed E-state index contributed by atoms with van der Waals surface area (Å²) in [6.07, 6.45) is 8.06. The zero-order valence-electron chi connectivity index (χ0n) is 11.3. The van der Waals surface area contributed by atoms with Crippen molar-refractivity contribution in [2.75, 3.05) is 5.32 Å². The Morgan fingerprint density at radius 1 is 1.22 bits per heavy atom. The van der Waals surface area contributed by atoms with Gasteiger partial charge in [-0.05, 0) is 70.1 Å². The molecule has 18 heavy (non-hydrogen) atoms. The van der Waals surface area contributed by atoms with Gasteiger partial charge in [0.15, 0.2) is 0 Å². The van der Waals surface area contributed by atoms with Crippen molar-refractivity contribution in [3.63, 3.8) is 0 Å². The summed E-state index contributed by atoms with van der Waals surface area (Å²) in [5.41, 5.74) is 1.23. The fraction of sp³-hybridized carbons (Fsp3) is 0.600. The van der Waals surface area contributed by atoms with Gasteiger partial charge in [0.05, 0.1) is 0 Å². The number of halogens is 2. The van der Waals surface area contributed by atoms with Crippen LogP contribution in [-0.2, 0) is 0 Å². The van der Waals surface area contributed by atoms with Crippen LogP contribution in [0.1, 0.15) is 52.4 Å². The summed E-state index contributed by atoms with van der Waals surface area (Å²) >= 11 is 5.88. The summed E-state index contributed by atoms with van der Waals surface area (Å²) in [4.78, 5) is 0. The fourth-order valence-corrected chi connectivity index (χ4v) is 2.76. The Morgan fingerprint density at radius 2 is 1.94 bits per heavy atom. The van der Waals surface area contributed by atoms with E-state index in [1.807, 2.05) is 0 Å². The van der Waals surface area contributed by atoms with Gasteiger partial charge >= 0.3 is 0 Å². The summed E-state index contributed by atoms with van der Waals surface area (Å²) in [6, 6.07) is 7.00. The molecule has 1 atom stereocenters. The maximum absolute atomic E-state index is 3.58. The second kappa shape index (κ2) is 9.18. The molecule has 1 N–H and O–H groups in total. The van der Waals surface area contributed by atoms with E-state index in [2.05, 4.69) is 75.9 Å². The Kier molecular flexibility index (Phi) is 8.31. The summed E-state index contributed by atoms with van der Waals surface area (Å²) in [7, 11) is 0. The quantitative estimate of drug-likeness (QED) is 0.386. The van der Waals surface area contributed by atoms with Crippen LogP contribution in [0.5, 0.6) is 0 Å². The number of anilines is 1. The Bertz CT molecular complexity index is 354. The van der Waals surface area contributed by atoms with Gasteiger partial charge in [-0.15, -0.1) is 0 Å². The van der Waals surface area contributed by atoms with Crippen molar-refractivity contribution in [3.05, 3.63) is 26.2 Å². The number of unbranched alkanes of at least 4 members (excludes halogenated alkanes) is 4. The van der Waals surface area contributed by atoms with Gasteiger partial charge in [0.1, 0.15) is 0 Å². The van der Waals surface area contributed by atoms with Crippen molar-refractivity contribution in [1.29, 1.82) is 0 Å². The Morgan fingerprint density at radius 3 is 2.61 bits per heavy atom. The smallest absolute Gasteiger partial charge is 0.0353 e. The summed E-state index contributed by atoms with van der Waals surface area (Å²) in [5.74, 6) is 0. The Balaban J connectivity index is 2.26. The van der Waals surface area contributed by atoms with Crippen molar-refractivity contribution in [3.8, 4) is 0 Å². The second-order valence-electron chi connectivity index (χ2n) is 4.88. The molecule has 0 fully saturated rings. The highest BCUT2D eigenvalue weighted by Gasteiger charge is 2.03. The molecule has 1 aromatic rings. The molecule has 0 radical (unpaired) electrons. The first-order valence-electron chi connectivity index (χ1n) is 6.85. The van der Waals surface area contributed by atoms with Gasteiger partial charge in [0.25, 0.3) is 0 Å². The van der Waals surface area contributed by atoms with Gasteiger partial charge in [-0.3, -0.25) is 0 Å². The average molecular weight is 424 g/mol. The first-order valence-corrected chi connectivity index (χ1v) is 8.72. The maximum atomic E-state index is 3.58. The third-order valence-corrected chi connectivity index (χ3v) is 5.40. The van der Waals surface area contributed by atoms with Crippen molar-refractivity contribution in [2.45, 2.75) is 58.4 Å². The van der Waals surface area contributed by atoms with E-state index < -0.39 is 0 Å². The molecule has 0 aromatic heterocycles. The van der Waals surface area contributed by atoms with E-state index in [4.69, 9.17) is 0 Å². The standard InChI is InChI=1S/C15H23BrIN/c1-3-4-5-6-7-8-12(2)18-13-9-10-14(16)15(17)11-13/h9-12,18H,3-8H2,1-2H3. The van der Waals surface area contributed by atoms with Crippen LogP contribution in [0.25, 0.3) is 0 Å². The van der Waals surface area contributed by atoms with Gasteiger partial charge in [-0.2, -0.15) is 0 Å². The Labute approximate surface area is 133 Å². The lowest BCUT2D eigenvalue weighted by molar-refractivity contribution is 0.578. The Hall–Kier alpha value is 0.230. The maximum Gasteiger partial charge on any atom is 0.0353 e. The number of nitrogens with one attached hydrogen (secondary N) is 1. The van der Waals surface area contributed by atoms with Crippen LogP contribution in [0.3, 0.4) is 0 Å². The normalized spacial score (nSPS) is 12.4. The number of benzene rings is 1. The molecule has 0 saturated heterocycles. The average Bonchev–Trinajstić information content (AvgIpc) is 2.34. The third-order valence-electron chi connectivity index (χ3n) is 3.07. The van der Waals surface area contributed by atoms with Crippen molar-refractivity contribution < 1.29 is 0 Å². The topological polar surface area (TPSA) is 12.0 Å². The van der Waals surface area contributed by atoms with Gasteiger partial charge in [-0.1, -0.05) is 39.0 Å². The second-order valence-corrected chi connectivity index (χ2v) is 6.89. The summed E-state index contributed by atoms with van der Waals surface area (Å²) in [5, 5.41) is 3.58. The van der Waals surface area contributed by atoms with Crippen LogP contribution in [0.2, 0.25) is 0 Å². The molecule has 1 aromatic carbocycles. The molecule has 0 aliphatic rings. The zero-order valence-corrected chi connectivity index (χ0v) is 15.1. The lowest BCUT2D eigenvalue weighted by Crippen LogP contribution is -2.14. The van der Waals surface area contributed by atoms with Crippen LogP contribution < -0.4 is 5.32 Å². The number of hydrogen-bond acceptors (Lipinski definition) is 1. The minimum absolute atomic E-state index is 0.559. The van der Waals surface area contributed by atoms with Crippen LogP contribution in [0, 0.1) is 3.57 Å². The number of rotatable bonds is 8. The van der Waals surface area contributed by atoms with Gasteiger partial charge in [-0.25, -0.2) is 0 Å². The van der Waals surface area contributed by atoms with Crippen LogP contribution in [-0.4, -0.2) is 6.04 Å². The van der Waals surface area contributed by atoms with Gasteiger partial charge in [0.2, 0.25) is 0 Å². The predicted molar refractivity (Wildman–Crippen MR) is 93.3 cm³/mol. The third kappa shape index (κ3) is 6.41. The highest BCUT2D eigenvalue weighted by atomic mass is 127. The van der Waals surface area contributed by atoms with E-state index in [1.165, 1.54) is 52.3 Å². The van der Waals surface area contributed by atoms with Crippen molar-refractivity contribution in [1.82, 2.24) is 0 Å². The van der Waals surface area contributed by atoms with Crippen LogP contribution in [0.15, 0.2) is 22.7 Å². The molecule has 0 aliphatic carbocycles. The molecule has 0 aliphatic heterocycles. The fourth-order valence-electron chi connectivity index (χ4n) is 2.00. The lowest BCUT2D eigenvalue weighted by Gasteiger charge is -2.15. The largest absolute Gasteiger partial charge is 0.383 e. The minimum atomic E-state index is 0.559. The predicted octanol–water partition coefficient (Wildman–Crippen LogP) is 6.21. The summed E-state index contributed by atoms with van der Waals surface area (Å²) in [6.45, 7) is 4.54. The molecule has 0 saturated carbocycles. The van der Waals surface area contributed by atoms with E-state index in [9.17, 15) is 0 Å². The minimum Gasteiger partial charge on any atom is -0.383 e. The molecule has 0 bridgehead atoms. The lowest BCUT2D eigenvalue weighted by atomic mass is 10.1. The van der Waals surface area contributed by atoms with Crippen LogP contribution >= 0.6 is 38.5 Å². The van der Waals surface area contributed by atoms with Crippen molar-refractivity contribution in [2.24, 2.45) is 0 Å². The van der Waals surface area contributed by atoms with E-state index in [-0.39, 0.29) is 0 Å². The molecule has 0 heterocycles. The number of hydrogen-bond donors (Lipinski definition) is 1.